The number of carboxylic acid groups (broad SMARTS) is 1. The van der Waals surface area contributed by atoms with Crippen LogP contribution in [0.25, 0.3) is 11.1 Å². The first-order valence-corrected chi connectivity index (χ1v) is 7.48. The highest BCUT2D eigenvalue weighted by Crippen LogP contribution is 2.34. The molecule has 1 N–H and O–H groups in total. The van der Waals surface area contributed by atoms with Crippen LogP contribution >= 0.6 is 11.8 Å². The van der Waals surface area contributed by atoms with Crippen molar-refractivity contribution < 1.29 is 23.1 Å². The van der Waals surface area contributed by atoms with Gasteiger partial charge in [-0.1, -0.05) is 19.1 Å². The number of carbonyl (C=O) groups is 1. The van der Waals surface area contributed by atoms with Gasteiger partial charge in [-0.15, -0.1) is 11.8 Å². The molecule has 0 saturated heterocycles. The van der Waals surface area contributed by atoms with Crippen LogP contribution in [0.3, 0.4) is 0 Å². The minimum absolute atomic E-state index is 0.236. The maximum absolute atomic E-state index is 12.9. The van der Waals surface area contributed by atoms with Crippen molar-refractivity contribution in [3.8, 4) is 11.1 Å². The molecule has 2 nitrogen and oxygen atoms in total. The molecule has 2 aromatic carbocycles. The Kier molecular flexibility index (Phi) is 4.81. The number of halogens is 3. The standard InChI is InChI=1S/C16H13F3O2S/c1-2-22-14-5-3-10(4-6-14)11-7-12(15(20)21)9-13(8-11)16(17,18)19/h3-9H,2H2,1H3,(H,20,21). The lowest BCUT2D eigenvalue weighted by Gasteiger charge is -2.11. The van der Waals surface area contributed by atoms with Crippen molar-refractivity contribution in [2.24, 2.45) is 0 Å². The number of benzene rings is 2. The maximum Gasteiger partial charge on any atom is 0.416 e. The zero-order valence-electron chi connectivity index (χ0n) is 11.6. The lowest BCUT2D eigenvalue weighted by Crippen LogP contribution is -2.08. The molecule has 0 unspecified atom stereocenters. The first-order chi connectivity index (χ1) is 10.3. The number of aromatic carboxylic acids is 1. The van der Waals surface area contributed by atoms with Crippen molar-refractivity contribution in [3.05, 3.63) is 53.6 Å². The fourth-order valence-electron chi connectivity index (χ4n) is 1.99. The molecule has 0 bridgehead atoms. The summed E-state index contributed by atoms with van der Waals surface area (Å²) in [6.07, 6.45) is -4.59. The van der Waals surface area contributed by atoms with Crippen LogP contribution in [0.1, 0.15) is 22.8 Å². The molecule has 0 aromatic heterocycles. The van der Waals surface area contributed by atoms with Crippen LogP contribution in [-0.4, -0.2) is 16.8 Å². The van der Waals surface area contributed by atoms with E-state index in [1.165, 1.54) is 6.07 Å². The van der Waals surface area contributed by atoms with Gasteiger partial charge >= 0.3 is 12.1 Å². The van der Waals surface area contributed by atoms with E-state index in [9.17, 15) is 18.0 Å². The zero-order chi connectivity index (χ0) is 16.3. The van der Waals surface area contributed by atoms with Crippen molar-refractivity contribution in [3.63, 3.8) is 0 Å². The maximum atomic E-state index is 12.9. The quantitative estimate of drug-likeness (QED) is 0.786. The molecule has 6 heteroatoms. The van der Waals surface area contributed by atoms with Crippen molar-refractivity contribution in [1.29, 1.82) is 0 Å². The van der Waals surface area contributed by atoms with Gasteiger partial charge < -0.3 is 5.11 Å². The Balaban J connectivity index is 2.49. The van der Waals surface area contributed by atoms with E-state index in [4.69, 9.17) is 5.11 Å². The third kappa shape index (κ3) is 3.82. The molecule has 22 heavy (non-hydrogen) atoms. The van der Waals surface area contributed by atoms with Gasteiger partial charge in [0, 0.05) is 4.90 Å². The lowest BCUT2D eigenvalue weighted by atomic mass is 9.99. The Morgan fingerprint density at radius 3 is 2.23 bits per heavy atom. The van der Waals surface area contributed by atoms with Crippen LogP contribution in [0.15, 0.2) is 47.4 Å². The molecule has 116 valence electrons. The summed E-state index contributed by atoms with van der Waals surface area (Å²) in [5.41, 5.74) is -0.555. The summed E-state index contributed by atoms with van der Waals surface area (Å²) in [5, 5.41) is 8.99. The summed E-state index contributed by atoms with van der Waals surface area (Å²) in [6.45, 7) is 2.00. The predicted octanol–water partition coefficient (Wildman–Crippen LogP) is 5.18. The smallest absolute Gasteiger partial charge is 0.416 e. The molecule has 0 atom stereocenters. The second kappa shape index (κ2) is 6.44. The van der Waals surface area contributed by atoms with Crippen LogP contribution in [-0.2, 0) is 6.18 Å². The molecular weight excluding hydrogens is 313 g/mol. The van der Waals surface area contributed by atoms with Crippen molar-refractivity contribution in [2.45, 2.75) is 18.0 Å². The highest BCUT2D eigenvalue weighted by molar-refractivity contribution is 7.99. The van der Waals surface area contributed by atoms with Crippen LogP contribution in [0.4, 0.5) is 13.2 Å². The van der Waals surface area contributed by atoms with Gasteiger partial charge in [-0.3, -0.25) is 0 Å². The van der Waals surface area contributed by atoms with E-state index in [2.05, 4.69) is 0 Å². The second-order valence-electron chi connectivity index (χ2n) is 4.56. The molecule has 2 aromatic rings. The molecule has 2 rings (SSSR count). The molecule has 0 heterocycles. The number of hydrogen-bond acceptors (Lipinski definition) is 2. The minimum atomic E-state index is -4.59. The van der Waals surface area contributed by atoms with E-state index in [0.29, 0.717) is 11.6 Å². The Morgan fingerprint density at radius 1 is 1.09 bits per heavy atom. The first kappa shape index (κ1) is 16.4. The SMILES string of the molecule is CCSc1ccc(-c2cc(C(=O)O)cc(C(F)(F)F)c2)cc1. The van der Waals surface area contributed by atoms with E-state index in [1.807, 2.05) is 19.1 Å². The van der Waals surface area contributed by atoms with Gasteiger partial charge in [0.15, 0.2) is 0 Å². The van der Waals surface area contributed by atoms with Crippen LogP contribution in [0, 0.1) is 0 Å². The van der Waals surface area contributed by atoms with Crippen LogP contribution in [0.2, 0.25) is 0 Å². The van der Waals surface area contributed by atoms with Crippen LogP contribution in [0.5, 0.6) is 0 Å². The number of alkyl halides is 3. The van der Waals surface area contributed by atoms with Gasteiger partial charge in [-0.25, -0.2) is 4.79 Å². The molecule has 0 saturated carbocycles. The zero-order valence-corrected chi connectivity index (χ0v) is 12.5. The Labute approximate surface area is 130 Å². The summed E-state index contributed by atoms with van der Waals surface area (Å²) < 4.78 is 38.7. The average molecular weight is 326 g/mol. The largest absolute Gasteiger partial charge is 0.478 e. The topological polar surface area (TPSA) is 37.3 Å². The lowest BCUT2D eigenvalue weighted by molar-refractivity contribution is -0.137. The van der Waals surface area contributed by atoms with Gasteiger partial charge in [-0.2, -0.15) is 13.2 Å². The molecular formula is C16H13F3O2S. The predicted molar refractivity (Wildman–Crippen MR) is 80.2 cm³/mol. The Hall–Kier alpha value is -1.95. The third-order valence-corrected chi connectivity index (χ3v) is 3.90. The van der Waals surface area contributed by atoms with Gasteiger partial charge in [0.25, 0.3) is 0 Å². The summed E-state index contributed by atoms with van der Waals surface area (Å²) in [4.78, 5) is 12.0. The molecule has 0 aliphatic carbocycles. The Bertz CT molecular complexity index is 679. The van der Waals surface area contributed by atoms with Crippen LogP contribution < -0.4 is 0 Å². The van der Waals surface area contributed by atoms with Crippen molar-refractivity contribution in [1.82, 2.24) is 0 Å². The number of carboxylic acids is 1. The van der Waals surface area contributed by atoms with Crippen molar-refractivity contribution in [2.75, 3.05) is 5.75 Å². The van der Waals surface area contributed by atoms with E-state index in [-0.39, 0.29) is 11.1 Å². The fourth-order valence-corrected chi connectivity index (χ4v) is 2.65. The molecule has 0 aliphatic rings. The third-order valence-electron chi connectivity index (χ3n) is 3.01. The molecule has 0 aliphatic heterocycles. The summed E-state index contributed by atoms with van der Waals surface area (Å²) in [6, 6.07) is 9.87. The summed E-state index contributed by atoms with van der Waals surface area (Å²) >= 11 is 1.62. The molecule has 0 fully saturated rings. The number of hydrogen-bond donors (Lipinski definition) is 1. The normalized spacial score (nSPS) is 11.5. The second-order valence-corrected chi connectivity index (χ2v) is 5.90. The number of thioether (sulfide) groups is 1. The average Bonchev–Trinajstić information content (AvgIpc) is 2.47. The van der Waals surface area contributed by atoms with Crippen molar-refractivity contribution >= 4 is 17.7 Å². The Morgan fingerprint density at radius 2 is 1.73 bits per heavy atom. The number of rotatable bonds is 4. The van der Waals surface area contributed by atoms with Gasteiger partial charge in [0.2, 0.25) is 0 Å². The van der Waals surface area contributed by atoms with Gasteiger partial charge in [0.1, 0.15) is 0 Å². The highest BCUT2D eigenvalue weighted by atomic mass is 32.2. The molecule has 0 spiro atoms. The fraction of sp³-hybridized carbons (Fsp3) is 0.188. The van der Waals surface area contributed by atoms with Gasteiger partial charge in [-0.05, 0) is 47.2 Å². The molecule has 0 amide bonds. The van der Waals surface area contributed by atoms with E-state index < -0.39 is 17.7 Å². The van der Waals surface area contributed by atoms with E-state index >= 15 is 0 Å². The summed E-state index contributed by atoms with van der Waals surface area (Å²) in [7, 11) is 0. The molecule has 0 radical (unpaired) electrons. The van der Waals surface area contributed by atoms with Gasteiger partial charge in [0.05, 0.1) is 11.1 Å². The monoisotopic (exact) mass is 326 g/mol. The van der Waals surface area contributed by atoms with E-state index in [1.54, 1.807) is 23.9 Å². The minimum Gasteiger partial charge on any atom is -0.478 e. The van der Waals surface area contributed by atoms with E-state index in [0.717, 1.165) is 16.7 Å². The first-order valence-electron chi connectivity index (χ1n) is 6.50. The highest BCUT2D eigenvalue weighted by Gasteiger charge is 2.31. The summed E-state index contributed by atoms with van der Waals surface area (Å²) in [5.74, 6) is -0.489.